The Morgan fingerprint density at radius 2 is 2.00 bits per heavy atom. The summed E-state index contributed by atoms with van der Waals surface area (Å²) in [5, 5.41) is 13.7. The standard InChI is InChI=1S/C23H23N7O3/c1-24-18-12-20(27-17-8-5-10-29(23(17)32)16-6-3-2-4-7-16)28-30-19(13-25-21(18)30)22(31)26-15-9-11-33-14-15/h2-8,10,12-13,15,24H,9,11,14H2,1H3,(H,26,31)(H,27,28)/t15-/m1/s1. The summed E-state index contributed by atoms with van der Waals surface area (Å²) in [5.41, 5.74) is 2.35. The highest BCUT2D eigenvalue weighted by Crippen LogP contribution is 2.22. The van der Waals surface area contributed by atoms with Crippen LogP contribution in [-0.2, 0) is 4.74 Å². The van der Waals surface area contributed by atoms with Gasteiger partial charge in [-0.2, -0.15) is 0 Å². The van der Waals surface area contributed by atoms with Gasteiger partial charge in [-0.15, -0.1) is 5.10 Å². The highest BCUT2D eigenvalue weighted by atomic mass is 16.5. The third kappa shape index (κ3) is 4.03. The number of nitrogens with zero attached hydrogens (tertiary/aromatic N) is 4. The average Bonchev–Trinajstić information content (AvgIpc) is 3.50. The van der Waals surface area contributed by atoms with E-state index in [1.54, 1.807) is 36.0 Å². The molecular weight excluding hydrogens is 422 g/mol. The lowest BCUT2D eigenvalue weighted by molar-refractivity contribution is 0.0923. The molecule has 33 heavy (non-hydrogen) atoms. The fraction of sp³-hybridized carbons (Fsp3) is 0.217. The molecule has 3 aromatic heterocycles. The maximum Gasteiger partial charge on any atom is 0.278 e. The molecular formula is C23H23N7O3. The van der Waals surface area contributed by atoms with Gasteiger partial charge in [-0.3, -0.25) is 14.2 Å². The first-order chi connectivity index (χ1) is 16.1. The zero-order valence-electron chi connectivity index (χ0n) is 18.0. The van der Waals surface area contributed by atoms with Crippen LogP contribution in [0, 0.1) is 0 Å². The maximum absolute atomic E-state index is 13.1. The number of rotatable bonds is 6. The van der Waals surface area contributed by atoms with E-state index in [9.17, 15) is 9.59 Å². The van der Waals surface area contributed by atoms with Crippen molar-refractivity contribution in [1.82, 2.24) is 24.5 Å². The van der Waals surface area contributed by atoms with E-state index in [1.165, 1.54) is 10.7 Å². The average molecular weight is 445 g/mol. The minimum Gasteiger partial charge on any atom is -0.385 e. The van der Waals surface area contributed by atoms with E-state index in [-0.39, 0.29) is 17.5 Å². The van der Waals surface area contributed by atoms with Gasteiger partial charge >= 0.3 is 0 Å². The van der Waals surface area contributed by atoms with Gasteiger partial charge in [0, 0.05) is 31.6 Å². The first-order valence-electron chi connectivity index (χ1n) is 10.6. The van der Waals surface area contributed by atoms with Crippen LogP contribution in [0.5, 0.6) is 0 Å². The molecule has 168 valence electrons. The first kappa shape index (κ1) is 20.7. The smallest absolute Gasteiger partial charge is 0.278 e. The summed E-state index contributed by atoms with van der Waals surface area (Å²) < 4.78 is 8.36. The van der Waals surface area contributed by atoms with E-state index in [0.29, 0.717) is 41.7 Å². The first-order valence-corrected chi connectivity index (χ1v) is 10.6. The van der Waals surface area contributed by atoms with E-state index < -0.39 is 0 Å². The van der Waals surface area contributed by atoms with Crippen molar-refractivity contribution in [1.29, 1.82) is 0 Å². The number of benzene rings is 1. The van der Waals surface area contributed by atoms with Gasteiger partial charge in [0.2, 0.25) is 0 Å². The van der Waals surface area contributed by atoms with Crippen LogP contribution in [-0.4, -0.2) is 51.4 Å². The Kier molecular flexibility index (Phi) is 5.49. The van der Waals surface area contributed by atoms with Crippen molar-refractivity contribution in [3.8, 4) is 5.69 Å². The molecule has 0 saturated carbocycles. The van der Waals surface area contributed by atoms with E-state index >= 15 is 0 Å². The molecule has 0 spiro atoms. The number of aromatic nitrogens is 4. The largest absolute Gasteiger partial charge is 0.385 e. The minimum atomic E-state index is -0.282. The molecule has 0 bridgehead atoms. The number of carbonyl (C=O) groups is 1. The van der Waals surface area contributed by atoms with Crippen LogP contribution in [0.15, 0.2) is 65.7 Å². The molecule has 1 fully saturated rings. The van der Waals surface area contributed by atoms with Gasteiger partial charge in [0.25, 0.3) is 11.5 Å². The Bertz CT molecular complexity index is 1360. The van der Waals surface area contributed by atoms with Crippen molar-refractivity contribution in [2.75, 3.05) is 30.9 Å². The summed E-state index contributed by atoms with van der Waals surface area (Å²) in [6.45, 7) is 1.12. The Balaban J connectivity index is 1.50. The molecule has 1 aromatic carbocycles. The molecule has 10 nitrogen and oxygen atoms in total. The van der Waals surface area contributed by atoms with E-state index in [2.05, 4.69) is 26.0 Å². The van der Waals surface area contributed by atoms with E-state index in [4.69, 9.17) is 4.74 Å². The van der Waals surface area contributed by atoms with E-state index in [0.717, 1.165) is 12.1 Å². The van der Waals surface area contributed by atoms with Gasteiger partial charge in [0.1, 0.15) is 5.69 Å². The molecule has 0 radical (unpaired) electrons. The van der Waals surface area contributed by atoms with Gasteiger partial charge in [0.15, 0.2) is 17.2 Å². The number of ether oxygens (including phenoxy) is 1. The van der Waals surface area contributed by atoms with Crippen LogP contribution < -0.4 is 21.5 Å². The third-order valence-electron chi connectivity index (χ3n) is 5.48. The number of amides is 1. The van der Waals surface area contributed by atoms with Crippen LogP contribution in [0.1, 0.15) is 16.9 Å². The summed E-state index contributed by atoms with van der Waals surface area (Å²) in [4.78, 5) is 30.3. The maximum atomic E-state index is 13.1. The topological polar surface area (TPSA) is 115 Å². The lowest BCUT2D eigenvalue weighted by atomic mass is 10.2. The zero-order valence-corrected chi connectivity index (χ0v) is 18.0. The molecule has 1 amide bonds. The fourth-order valence-electron chi connectivity index (χ4n) is 3.80. The van der Waals surface area contributed by atoms with Crippen LogP contribution in [0.4, 0.5) is 17.2 Å². The molecule has 4 heterocycles. The molecule has 10 heteroatoms. The van der Waals surface area contributed by atoms with Gasteiger partial charge < -0.3 is 20.7 Å². The van der Waals surface area contributed by atoms with Crippen LogP contribution in [0.2, 0.25) is 0 Å². The molecule has 4 aromatic rings. The third-order valence-corrected chi connectivity index (χ3v) is 5.48. The monoisotopic (exact) mass is 445 g/mol. The number of para-hydroxylation sites is 1. The zero-order chi connectivity index (χ0) is 22.8. The van der Waals surface area contributed by atoms with Crippen molar-refractivity contribution in [3.05, 3.63) is 77.0 Å². The van der Waals surface area contributed by atoms with Crippen LogP contribution in [0.25, 0.3) is 11.3 Å². The summed E-state index contributed by atoms with van der Waals surface area (Å²) in [7, 11) is 1.76. The number of imidazole rings is 1. The predicted molar refractivity (Wildman–Crippen MR) is 125 cm³/mol. The van der Waals surface area contributed by atoms with Crippen molar-refractivity contribution in [3.63, 3.8) is 0 Å². The van der Waals surface area contributed by atoms with Crippen LogP contribution in [0.3, 0.4) is 0 Å². The number of carbonyl (C=O) groups excluding carboxylic acids is 1. The molecule has 5 rings (SSSR count). The highest BCUT2D eigenvalue weighted by Gasteiger charge is 2.22. The lowest BCUT2D eigenvalue weighted by Gasteiger charge is -2.13. The molecule has 1 saturated heterocycles. The molecule has 0 unspecified atom stereocenters. The Hall–Kier alpha value is -4.18. The second-order valence-corrected chi connectivity index (χ2v) is 7.66. The number of anilines is 3. The Labute approximate surface area is 189 Å². The number of nitrogens with one attached hydrogen (secondary N) is 3. The Morgan fingerprint density at radius 1 is 1.15 bits per heavy atom. The van der Waals surface area contributed by atoms with Crippen molar-refractivity contribution in [2.45, 2.75) is 12.5 Å². The molecule has 1 aliphatic rings. The summed E-state index contributed by atoms with van der Waals surface area (Å²) in [5.74, 6) is 0.113. The van der Waals surface area contributed by atoms with Gasteiger partial charge in [-0.05, 0) is 30.7 Å². The van der Waals surface area contributed by atoms with Crippen LogP contribution >= 0.6 is 0 Å². The SMILES string of the molecule is CNc1cc(Nc2cccn(-c3ccccc3)c2=O)nn2c(C(=O)N[C@@H]3CCOC3)cnc12. The fourth-order valence-corrected chi connectivity index (χ4v) is 3.80. The molecule has 0 aliphatic carbocycles. The predicted octanol–water partition coefficient (Wildman–Crippen LogP) is 2.18. The second-order valence-electron chi connectivity index (χ2n) is 7.66. The lowest BCUT2D eigenvalue weighted by Crippen LogP contribution is -2.35. The summed E-state index contributed by atoms with van der Waals surface area (Å²) in [6.07, 6.45) is 3.97. The molecule has 1 atom stereocenters. The van der Waals surface area contributed by atoms with Crippen molar-refractivity contribution < 1.29 is 9.53 Å². The second kappa shape index (κ2) is 8.75. The quantitative estimate of drug-likeness (QED) is 0.417. The van der Waals surface area contributed by atoms with Crippen molar-refractivity contribution >= 4 is 28.7 Å². The number of hydrogen-bond acceptors (Lipinski definition) is 7. The molecule has 3 N–H and O–H groups in total. The van der Waals surface area contributed by atoms with Crippen molar-refractivity contribution in [2.24, 2.45) is 0 Å². The minimum absolute atomic E-state index is 0.0334. The molecule has 1 aliphatic heterocycles. The summed E-state index contributed by atoms with van der Waals surface area (Å²) in [6, 6.07) is 14.6. The van der Waals surface area contributed by atoms with Gasteiger partial charge in [-0.25, -0.2) is 9.50 Å². The Morgan fingerprint density at radius 3 is 2.76 bits per heavy atom. The highest BCUT2D eigenvalue weighted by molar-refractivity contribution is 5.94. The number of pyridine rings is 1. The van der Waals surface area contributed by atoms with Gasteiger partial charge in [0.05, 0.1) is 24.5 Å². The normalized spacial score (nSPS) is 15.5. The number of hydrogen-bond donors (Lipinski definition) is 3. The number of fused-ring (bicyclic) bond motifs is 1. The summed E-state index contributed by atoms with van der Waals surface area (Å²) >= 11 is 0. The van der Waals surface area contributed by atoms with E-state index in [1.807, 2.05) is 30.3 Å². The van der Waals surface area contributed by atoms with Gasteiger partial charge in [-0.1, -0.05) is 18.2 Å².